The fourth-order valence-electron chi connectivity index (χ4n) is 1.91. The second kappa shape index (κ2) is 8.25. The molecule has 0 aromatic carbocycles. The molecule has 102 valence electrons. The molecule has 0 aliphatic carbocycles. The van der Waals surface area contributed by atoms with E-state index in [1.54, 1.807) is 6.20 Å². The summed E-state index contributed by atoms with van der Waals surface area (Å²) in [6.07, 6.45) is 3.52. The summed E-state index contributed by atoms with van der Waals surface area (Å²) in [5.74, 6) is 0.374. The largest absolute Gasteiger partial charge is 0.392 e. The number of aliphatic hydroxyl groups excluding tert-OH is 1. The third kappa shape index (κ3) is 4.96. The number of aliphatic hydroxyl groups is 1. The fraction of sp³-hybridized carbons (Fsp3) is 0.615. The quantitative estimate of drug-likeness (QED) is 0.762. The fourth-order valence-corrected chi connectivity index (χ4v) is 3.04. The molecule has 0 saturated carbocycles. The van der Waals surface area contributed by atoms with Crippen LogP contribution in [-0.4, -0.2) is 22.7 Å². The average molecular weight is 380 g/mol. The normalized spacial score (nSPS) is 13.0. The molecule has 1 unspecified atom stereocenters. The summed E-state index contributed by atoms with van der Waals surface area (Å²) in [5.41, 5.74) is 0.954. The standard InChI is InChI=1S/C13H20Br2N2O/c1-3-9(4-2)13(18)8-16-7-12-11(15)5-10(14)6-17-12/h5-6,9,13,16,18H,3-4,7-8H2,1-2H3. The van der Waals surface area contributed by atoms with Crippen LogP contribution in [0.5, 0.6) is 0 Å². The van der Waals surface area contributed by atoms with Crippen molar-refractivity contribution in [3.63, 3.8) is 0 Å². The summed E-state index contributed by atoms with van der Waals surface area (Å²) in [6.45, 7) is 5.50. The number of hydrogen-bond donors (Lipinski definition) is 2. The molecular formula is C13H20Br2N2O. The maximum Gasteiger partial charge on any atom is 0.0692 e. The third-order valence-electron chi connectivity index (χ3n) is 3.12. The number of pyridine rings is 1. The molecule has 0 radical (unpaired) electrons. The van der Waals surface area contributed by atoms with Crippen LogP contribution in [0.4, 0.5) is 0 Å². The topological polar surface area (TPSA) is 45.1 Å². The van der Waals surface area contributed by atoms with Crippen molar-refractivity contribution in [3.8, 4) is 0 Å². The van der Waals surface area contributed by atoms with E-state index in [0.717, 1.165) is 27.5 Å². The Kier molecular flexibility index (Phi) is 7.37. The first-order chi connectivity index (χ1) is 8.58. The number of hydrogen-bond acceptors (Lipinski definition) is 3. The van der Waals surface area contributed by atoms with Gasteiger partial charge in [-0.2, -0.15) is 0 Å². The summed E-state index contributed by atoms with van der Waals surface area (Å²) in [4.78, 5) is 4.32. The molecule has 0 amide bonds. The van der Waals surface area contributed by atoms with Crippen molar-refractivity contribution in [1.82, 2.24) is 10.3 Å². The number of rotatable bonds is 7. The monoisotopic (exact) mass is 378 g/mol. The van der Waals surface area contributed by atoms with Crippen molar-refractivity contribution in [1.29, 1.82) is 0 Å². The Labute approximate surface area is 126 Å². The molecular weight excluding hydrogens is 360 g/mol. The van der Waals surface area contributed by atoms with E-state index in [9.17, 15) is 5.11 Å². The number of aromatic nitrogens is 1. The highest BCUT2D eigenvalue weighted by Crippen LogP contribution is 2.19. The molecule has 1 rings (SSSR count). The molecule has 0 spiro atoms. The zero-order chi connectivity index (χ0) is 13.5. The summed E-state index contributed by atoms with van der Waals surface area (Å²) in [5, 5.41) is 13.3. The lowest BCUT2D eigenvalue weighted by Crippen LogP contribution is -2.32. The minimum absolute atomic E-state index is 0.283. The van der Waals surface area contributed by atoms with Crippen LogP contribution < -0.4 is 5.32 Å². The van der Waals surface area contributed by atoms with E-state index in [0.29, 0.717) is 19.0 Å². The van der Waals surface area contributed by atoms with E-state index in [-0.39, 0.29) is 6.10 Å². The smallest absolute Gasteiger partial charge is 0.0692 e. The first kappa shape index (κ1) is 16.1. The van der Waals surface area contributed by atoms with Crippen molar-refractivity contribution in [2.75, 3.05) is 6.54 Å². The van der Waals surface area contributed by atoms with E-state index in [2.05, 4.69) is 56.0 Å². The number of halogens is 2. The first-order valence-corrected chi connectivity index (χ1v) is 7.85. The van der Waals surface area contributed by atoms with Gasteiger partial charge in [-0.25, -0.2) is 0 Å². The van der Waals surface area contributed by atoms with Gasteiger partial charge < -0.3 is 10.4 Å². The highest BCUT2D eigenvalue weighted by molar-refractivity contribution is 9.11. The predicted molar refractivity (Wildman–Crippen MR) is 81.4 cm³/mol. The van der Waals surface area contributed by atoms with E-state index in [1.807, 2.05) is 6.07 Å². The van der Waals surface area contributed by atoms with Gasteiger partial charge in [-0.3, -0.25) is 4.98 Å². The number of nitrogens with one attached hydrogen (secondary N) is 1. The minimum Gasteiger partial charge on any atom is -0.392 e. The van der Waals surface area contributed by atoms with Gasteiger partial charge in [-0.15, -0.1) is 0 Å². The zero-order valence-corrected chi connectivity index (χ0v) is 14.0. The second-order valence-corrected chi connectivity index (χ2v) is 6.13. The van der Waals surface area contributed by atoms with Gasteiger partial charge in [0.2, 0.25) is 0 Å². The SMILES string of the molecule is CCC(CC)C(O)CNCc1ncc(Br)cc1Br. The van der Waals surface area contributed by atoms with Crippen LogP contribution in [0.2, 0.25) is 0 Å². The van der Waals surface area contributed by atoms with Crippen LogP contribution >= 0.6 is 31.9 Å². The maximum absolute atomic E-state index is 10.00. The van der Waals surface area contributed by atoms with Gasteiger partial charge in [0.05, 0.1) is 11.8 Å². The molecule has 0 bridgehead atoms. The Bertz CT molecular complexity index is 370. The van der Waals surface area contributed by atoms with E-state index in [1.165, 1.54) is 0 Å². The third-order valence-corrected chi connectivity index (χ3v) is 4.24. The van der Waals surface area contributed by atoms with Crippen LogP contribution in [0.1, 0.15) is 32.4 Å². The maximum atomic E-state index is 10.00. The van der Waals surface area contributed by atoms with E-state index >= 15 is 0 Å². The second-order valence-electron chi connectivity index (χ2n) is 4.36. The van der Waals surface area contributed by atoms with Crippen molar-refractivity contribution in [2.24, 2.45) is 5.92 Å². The van der Waals surface area contributed by atoms with Gasteiger partial charge in [-0.1, -0.05) is 26.7 Å². The minimum atomic E-state index is -0.283. The lowest BCUT2D eigenvalue weighted by molar-refractivity contribution is 0.101. The lowest BCUT2D eigenvalue weighted by Gasteiger charge is -2.20. The molecule has 1 heterocycles. The van der Waals surface area contributed by atoms with Crippen molar-refractivity contribution >= 4 is 31.9 Å². The van der Waals surface area contributed by atoms with Crippen LogP contribution in [0, 0.1) is 5.92 Å². The van der Waals surface area contributed by atoms with Crippen LogP contribution in [0.25, 0.3) is 0 Å². The molecule has 18 heavy (non-hydrogen) atoms. The highest BCUT2D eigenvalue weighted by atomic mass is 79.9. The zero-order valence-electron chi connectivity index (χ0n) is 10.8. The molecule has 1 aromatic heterocycles. The van der Waals surface area contributed by atoms with Crippen LogP contribution in [0.3, 0.4) is 0 Å². The Hall–Kier alpha value is 0.0300. The number of nitrogens with zero attached hydrogens (tertiary/aromatic N) is 1. The van der Waals surface area contributed by atoms with E-state index < -0.39 is 0 Å². The molecule has 5 heteroatoms. The van der Waals surface area contributed by atoms with Crippen molar-refractivity contribution < 1.29 is 5.11 Å². The molecule has 0 saturated heterocycles. The summed E-state index contributed by atoms with van der Waals surface area (Å²) in [7, 11) is 0. The van der Waals surface area contributed by atoms with Crippen LogP contribution in [0.15, 0.2) is 21.2 Å². The van der Waals surface area contributed by atoms with Gasteiger partial charge in [0.25, 0.3) is 0 Å². The average Bonchev–Trinajstić information content (AvgIpc) is 2.33. The Morgan fingerprint density at radius 1 is 1.33 bits per heavy atom. The summed E-state index contributed by atoms with van der Waals surface area (Å²) >= 11 is 6.85. The molecule has 2 N–H and O–H groups in total. The Balaban J connectivity index is 2.41. The van der Waals surface area contributed by atoms with Crippen LogP contribution in [-0.2, 0) is 6.54 Å². The molecule has 0 aliphatic rings. The lowest BCUT2D eigenvalue weighted by atomic mass is 9.96. The molecule has 1 atom stereocenters. The first-order valence-electron chi connectivity index (χ1n) is 6.27. The molecule has 1 aromatic rings. The highest BCUT2D eigenvalue weighted by Gasteiger charge is 2.14. The Morgan fingerprint density at radius 2 is 2.00 bits per heavy atom. The predicted octanol–water partition coefficient (Wildman–Crippen LogP) is 3.49. The van der Waals surface area contributed by atoms with E-state index in [4.69, 9.17) is 0 Å². The summed E-state index contributed by atoms with van der Waals surface area (Å²) in [6, 6.07) is 1.97. The molecule has 0 aliphatic heterocycles. The van der Waals surface area contributed by atoms with Crippen molar-refractivity contribution in [3.05, 3.63) is 26.9 Å². The van der Waals surface area contributed by atoms with Gasteiger partial charge >= 0.3 is 0 Å². The Morgan fingerprint density at radius 3 is 2.56 bits per heavy atom. The molecule has 3 nitrogen and oxygen atoms in total. The van der Waals surface area contributed by atoms with Gasteiger partial charge in [-0.05, 0) is 43.8 Å². The van der Waals surface area contributed by atoms with Gasteiger partial charge in [0, 0.05) is 28.2 Å². The van der Waals surface area contributed by atoms with Gasteiger partial charge in [0.15, 0.2) is 0 Å². The van der Waals surface area contributed by atoms with Gasteiger partial charge in [0.1, 0.15) is 0 Å². The molecule has 0 fully saturated rings. The van der Waals surface area contributed by atoms with Crippen molar-refractivity contribution in [2.45, 2.75) is 39.3 Å². The summed E-state index contributed by atoms with van der Waals surface area (Å²) < 4.78 is 1.93.